The van der Waals surface area contributed by atoms with Gasteiger partial charge in [0.05, 0.1) is 12.2 Å². The Morgan fingerprint density at radius 2 is 1.62 bits per heavy atom. The fraction of sp³-hybridized carbons (Fsp3) is 0.531. The van der Waals surface area contributed by atoms with Gasteiger partial charge in [-0.05, 0) is 67.8 Å². The normalized spacial score (nSPS) is 26.3. The Morgan fingerprint density at radius 1 is 1.03 bits per heavy atom. The van der Waals surface area contributed by atoms with Crippen LogP contribution in [0.3, 0.4) is 0 Å². The molecule has 4 nitrogen and oxygen atoms in total. The van der Waals surface area contributed by atoms with Crippen LogP contribution in [0.2, 0.25) is 5.04 Å². The summed E-state index contributed by atoms with van der Waals surface area (Å²) in [6.45, 7) is 13.0. The Morgan fingerprint density at radius 3 is 2.16 bits per heavy atom. The first-order valence-corrected chi connectivity index (χ1v) is 15.7. The first-order chi connectivity index (χ1) is 17.6. The molecule has 200 valence electrons. The lowest BCUT2D eigenvalue weighted by Gasteiger charge is -2.44. The molecule has 4 rings (SSSR count). The summed E-state index contributed by atoms with van der Waals surface area (Å²) < 4.78 is 19.2. The zero-order valence-corrected chi connectivity index (χ0v) is 24.4. The van der Waals surface area contributed by atoms with E-state index in [0.29, 0.717) is 0 Å². The van der Waals surface area contributed by atoms with Crippen LogP contribution in [0.15, 0.2) is 72.8 Å². The average molecular weight is 521 g/mol. The van der Waals surface area contributed by atoms with E-state index in [1.807, 2.05) is 13.8 Å². The van der Waals surface area contributed by atoms with Gasteiger partial charge in [0.1, 0.15) is 6.29 Å². The van der Waals surface area contributed by atoms with E-state index in [0.717, 1.165) is 32.0 Å². The van der Waals surface area contributed by atoms with Gasteiger partial charge < -0.3 is 18.7 Å². The molecule has 1 heterocycles. The highest BCUT2D eigenvalue weighted by atomic mass is 28.4. The van der Waals surface area contributed by atoms with E-state index in [-0.39, 0.29) is 35.2 Å². The molecule has 37 heavy (non-hydrogen) atoms. The number of unbranched alkanes of at least 4 members (excludes halogenated alkanes) is 1. The van der Waals surface area contributed by atoms with Crippen molar-refractivity contribution < 1.29 is 18.7 Å². The molecule has 0 spiro atoms. The van der Waals surface area contributed by atoms with Crippen molar-refractivity contribution in [3.8, 4) is 0 Å². The Bertz CT molecular complexity index is 1000. The lowest BCUT2D eigenvalue weighted by Crippen LogP contribution is -2.67. The third kappa shape index (κ3) is 6.01. The molecule has 2 aliphatic rings. The van der Waals surface area contributed by atoms with Crippen LogP contribution in [0.5, 0.6) is 0 Å². The van der Waals surface area contributed by atoms with Gasteiger partial charge in [0.15, 0.2) is 5.79 Å². The number of allylic oxidation sites excluding steroid dienone is 2. The second-order valence-corrected chi connectivity index (χ2v) is 16.5. The molecule has 2 aromatic carbocycles. The molecule has 0 unspecified atom stereocenters. The van der Waals surface area contributed by atoms with Crippen molar-refractivity contribution in [3.63, 3.8) is 0 Å². The second kappa shape index (κ2) is 11.4. The number of ether oxygens (including phenoxy) is 2. The van der Waals surface area contributed by atoms with Gasteiger partial charge in [0.25, 0.3) is 8.32 Å². The summed E-state index contributed by atoms with van der Waals surface area (Å²) in [5, 5.41) is 2.62. The number of carbonyl (C=O) groups is 1. The van der Waals surface area contributed by atoms with Crippen LogP contribution in [0.25, 0.3) is 0 Å². The lowest BCUT2D eigenvalue weighted by atomic mass is 9.95. The van der Waals surface area contributed by atoms with Gasteiger partial charge in [0, 0.05) is 12.0 Å². The summed E-state index contributed by atoms with van der Waals surface area (Å²) in [5.74, 6) is -0.526. The number of carbonyl (C=O) groups excluding carboxylic acids is 1. The number of aldehydes is 1. The monoisotopic (exact) mass is 520 g/mol. The average Bonchev–Trinajstić information content (AvgIpc) is 3.33. The predicted octanol–water partition coefficient (Wildman–Crippen LogP) is 6.03. The van der Waals surface area contributed by atoms with Gasteiger partial charge in [-0.25, -0.2) is 0 Å². The van der Waals surface area contributed by atoms with Crippen LogP contribution < -0.4 is 10.4 Å². The van der Waals surface area contributed by atoms with Crippen LogP contribution in [0.4, 0.5) is 0 Å². The maximum atomic E-state index is 11.8. The first-order valence-electron chi connectivity index (χ1n) is 13.8. The van der Waals surface area contributed by atoms with Gasteiger partial charge in [-0.2, -0.15) is 0 Å². The van der Waals surface area contributed by atoms with E-state index in [4.69, 9.17) is 13.9 Å². The highest BCUT2D eigenvalue weighted by Crippen LogP contribution is 2.44. The highest BCUT2D eigenvalue weighted by molar-refractivity contribution is 6.99. The summed E-state index contributed by atoms with van der Waals surface area (Å²) >= 11 is 0. The van der Waals surface area contributed by atoms with Crippen molar-refractivity contribution in [1.82, 2.24) is 0 Å². The molecule has 1 aliphatic heterocycles. The molecular weight excluding hydrogens is 476 g/mol. The van der Waals surface area contributed by atoms with Crippen molar-refractivity contribution in [2.24, 2.45) is 11.8 Å². The van der Waals surface area contributed by atoms with Crippen molar-refractivity contribution in [3.05, 3.63) is 72.8 Å². The van der Waals surface area contributed by atoms with Gasteiger partial charge in [0.2, 0.25) is 0 Å². The van der Waals surface area contributed by atoms with Crippen LogP contribution in [-0.2, 0) is 18.7 Å². The van der Waals surface area contributed by atoms with Gasteiger partial charge in [-0.15, -0.1) is 0 Å². The Balaban J connectivity index is 1.39. The summed E-state index contributed by atoms with van der Waals surface area (Å²) in [6.07, 6.45) is 9.39. The smallest absolute Gasteiger partial charge is 0.261 e. The molecule has 2 fully saturated rings. The standard InChI is InChI=1S/C32H44O4Si/c1-24(16-10-7-11-17-25-22-29-30(28(25)23-33)35-32(5,6)34-29)36-37(31(2,3)4,26-18-12-8-13-19-26)27-20-14-9-15-21-27/h8-9,11-15,17-21,23-25,28-30H,7,10,16,22H2,1-6H3/b17-11+/t24-,25+,28-,29-,30+/m0/s1. The van der Waals surface area contributed by atoms with Crippen molar-refractivity contribution in [1.29, 1.82) is 0 Å². The number of hydrogen-bond donors (Lipinski definition) is 0. The fourth-order valence-corrected chi connectivity index (χ4v) is 11.0. The second-order valence-electron chi connectivity index (χ2n) is 12.2. The molecule has 0 aromatic heterocycles. The topological polar surface area (TPSA) is 44.8 Å². The number of fused-ring (bicyclic) bond motifs is 1. The number of benzene rings is 2. The van der Waals surface area contributed by atoms with E-state index >= 15 is 0 Å². The van der Waals surface area contributed by atoms with Crippen molar-refractivity contribution >= 4 is 25.0 Å². The Kier molecular flexibility index (Phi) is 8.59. The van der Waals surface area contributed by atoms with E-state index in [1.54, 1.807) is 0 Å². The van der Waals surface area contributed by atoms with Crippen LogP contribution in [0.1, 0.15) is 67.2 Å². The van der Waals surface area contributed by atoms with Crippen LogP contribution >= 0.6 is 0 Å². The summed E-state index contributed by atoms with van der Waals surface area (Å²) in [4.78, 5) is 11.8. The van der Waals surface area contributed by atoms with Gasteiger partial charge in [-0.1, -0.05) is 93.6 Å². The molecule has 5 atom stereocenters. The predicted molar refractivity (Wildman–Crippen MR) is 153 cm³/mol. The molecule has 0 amide bonds. The highest BCUT2D eigenvalue weighted by Gasteiger charge is 2.53. The molecule has 0 radical (unpaired) electrons. The Hall–Kier alpha value is -2.05. The number of hydrogen-bond acceptors (Lipinski definition) is 4. The zero-order valence-electron chi connectivity index (χ0n) is 23.4. The SMILES string of the molecule is C[C@@H](CCC/C=C/[C@@H]1C[C@@H]2OC(C)(C)O[C@@H]2[C@H]1C=O)O[Si](c1ccccc1)(c1ccccc1)C(C)(C)C. The summed E-state index contributed by atoms with van der Waals surface area (Å²) in [6, 6.07) is 21.7. The van der Waals surface area contributed by atoms with Gasteiger partial charge in [-0.3, -0.25) is 0 Å². The third-order valence-corrected chi connectivity index (χ3v) is 13.1. The maximum Gasteiger partial charge on any atom is 0.261 e. The minimum absolute atomic E-state index is 0.0136. The van der Waals surface area contributed by atoms with Crippen LogP contribution in [0, 0.1) is 11.8 Å². The van der Waals surface area contributed by atoms with Crippen molar-refractivity contribution in [2.75, 3.05) is 0 Å². The largest absolute Gasteiger partial charge is 0.405 e. The molecule has 1 saturated heterocycles. The minimum Gasteiger partial charge on any atom is -0.405 e. The first kappa shape index (κ1) is 28.0. The Labute approximate surface area is 224 Å². The minimum atomic E-state index is -2.53. The molecule has 1 aliphatic carbocycles. The summed E-state index contributed by atoms with van der Waals surface area (Å²) in [7, 11) is -2.53. The molecule has 2 aromatic rings. The lowest BCUT2D eigenvalue weighted by molar-refractivity contribution is -0.159. The van der Waals surface area contributed by atoms with E-state index in [9.17, 15) is 4.79 Å². The van der Waals surface area contributed by atoms with E-state index in [2.05, 4.69) is 101 Å². The molecular formula is C32H44O4Si. The van der Waals surface area contributed by atoms with Crippen molar-refractivity contribution in [2.45, 2.75) is 96.4 Å². The molecule has 0 N–H and O–H groups in total. The maximum absolute atomic E-state index is 11.8. The quantitative estimate of drug-likeness (QED) is 0.166. The van der Waals surface area contributed by atoms with E-state index in [1.165, 1.54) is 10.4 Å². The molecule has 1 saturated carbocycles. The van der Waals surface area contributed by atoms with E-state index < -0.39 is 14.1 Å². The number of rotatable bonds is 10. The summed E-state index contributed by atoms with van der Waals surface area (Å²) in [5.41, 5.74) is 0. The third-order valence-electron chi connectivity index (χ3n) is 7.92. The van der Waals surface area contributed by atoms with Gasteiger partial charge >= 0.3 is 0 Å². The fourth-order valence-electron chi connectivity index (χ4n) is 6.27. The zero-order chi connectivity index (χ0) is 26.7. The molecule has 5 heteroatoms. The molecule has 0 bridgehead atoms. The van der Waals surface area contributed by atoms with Crippen LogP contribution in [-0.4, -0.2) is 38.7 Å².